The van der Waals surface area contributed by atoms with Gasteiger partial charge < -0.3 is 10.2 Å². The van der Waals surface area contributed by atoms with Gasteiger partial charge in [-0.1, -0.05) is 47.0 Å². The fourth-order valence-electron chi connectivity index (χ4n) is 3.76. The van der Waals surface area contributed by atoms with Gasteiger partial charge in [-0.15, -0.1) is 0 Å². The van der Waals surface area contributed by atoms with Gasteiger partial charge in [-0.25, -0.2) is 0 Å². The Morgan fingerprint density at radius 3 is 2.58 bits per heavy atom. The van der Waals surface area contributed by atoms with Crippen LogP contribution in [0.4, 0.5) is 0 Å². The van der Waals surface area contributed by atoms with Crippen LogP contribution in [0, 0.1) is 11.3 Å². The lowest BCUT2D eigenvalue weighted by molar-refractivity contribution is 0.0860. The smallest absolute Gasteiger partial charge is 0.0159 e. The molecule has 2 unspecified atom stereocenters. The van der Waals surface area contributed by atoms with Crippen LogP contribution in [0.15, 0.2) is 0 Å². The standard InChI is InChI=1S/C17H36N2/c1-6-8-9-13-19(5)14-15-11-10-12-17(3,4)16(15)18-7-2/h15-16,18H,6-14H2,1-5H3. The van der Waals surface area contributed by atoms with E-state index in [0.717, 1.165) is 12.5 Å². The molecule has 0 saturated heterocycles. The highest BCUT2D eigenvalue weighted by Gasteiger charge is 2.38. The van der Waals surface area contributed by atoms with Crippen LogP contribution in [0.3, 0.4) is 0 Å². The fraction of sp³-hybridized carbons (Fsp3) is 1.00. The summed E-state index contributed by atoms with van der Waals surface area (Å²) in [5, 5.41) is 3.77. The molecule has 1 aliphatic carbocycles. The molecule has 0 aromatic heterocycles. The highest BCUT2D eigenvalue weighted by Crippen LogP contribution is 2.39. The van der Waals surface area contributed by atoms with Crippen molar-refractivity contribution in [3.63, 3.8) is 0 Å². The van der Waals surface area contributed by atoms with E-state index in [0.29, 0.717) is 11.5 Å². The van der Waals surface area contributed by atoms with E-state index >= 15 is 0 Å². The summed E-state index contributed by atoms with van der Waals surface area (Å²) in [7, 11) is 2.31. The number of hydrogen-bond donors (Lipinski definition) is 1. The van der Waals surface area contributed by atoms with E-state index in [9.17, 15) is 0 Å². The molecule has 2 nitrogen and oxygen atoms in total. The van der Waals surface area contributed by atoms with Crippen molar-refractivity contribution in [1.29, 1.82) is 0 Å². The van der Waals surface area contributed by atoms with E-state index in [4.69, 9.17) is 0 Å². The summed E-state index contributed by atoms with van der Waals surface area (Å²) < 4.78 is 0. The van der Waals surface area contributed by atoms with E-state index in [1.807, 2.05) is 0 Å². The van der Waals surface area contributed by atoms with Gasteiger partial charge in [0.05, 0.1) is 0 Å². The molecule has 0 radical (unpaired) electrons. The predicted molar refractivity (Wildman–Crippen MR) is 85.6 cm³/mol. The largest absolute Gasteiger partial charge is 0.313 e. The van der Waals surface area contributed by atoms with Crippen LogP contribution < -0.4 is 5.32 Å². The first-order valence-electron chi connectivity index (χ1n) is 8.43. The van der Waals surface area contributed by atoms with Crippen LogP contribution in [0.1, 0.15) is 66.2 Å². The number of unbranched alkanes of at least 4 members (excludes halogenated alkanes) is 2. The lowest BCUT2D eigenvalue weighted by Crippen LogP contribution is -2.52. The second kappa shape index (κ2) is 8.26. The second-order valence-corrected chi connectivity index (χ2v) is 7.15. The van der Waals surface area contributed by atoms with Crippen molar-refractivity contribution in [1.82, 2.24) is 10.2 Å². The Labute approximate surface area is 121 Å². The monoisotopic (exact) mass is 268 g/mol. The molecule has 19 heavy (non-hydrogen) atoms. The third kappa shape index (κ3) is 5.43. The fourth-order valence-corrected chi connectivity index (χ4v) is 3.76. The Balaban J connectivity index is 2.48. The minimum Gasteiger partial charge on any atom is -0.313 e. The van der Waals surface area contributed by atoms with Crippen molar-refractivity contribution in [3.8, 4) is 0 Å². The molecule has 0 bridgehead atoms. The summed E-state index contributed by atoms with van der Waals surface area (Å²) in [6, 6.07) is 0.694. The van der Waals surface area contributed by atoms with Gasteiger partial charge in [-0.2, -0.15) is 0 Å². The molecule has 1 aliphatic rings. The van der Waals surface area contributed by atoms with E-state index in [-0.39, 0.29) is 0 Å². The average molecular weight is 268 g/mol. The molecular formula is C17H36N2. The van der Waals surface area contributed by atoms with Crippen LogP contribution >= 0.6 is 0 Å². The first-order chi connectivity index (χ1) is 9.01. The maximum atomic E-state index is 3.77. The lowest BCUT2D eigenvalue weighted by atomic mass is 9.67. The molecule has 0 aromatic rings. The van der Waals surface area contributed by atoms with Gasteiger partial charge in [-0.05, 0) is 50.7 Å². The zero-order valence-electron chi connectivity index (χ0n) is 14.0. The Morgan fingerprint density at radius 2 is 1.95 bits per heavy atom. The van der Waals surface area contributed by atoms with Crippen molar-refractivity contribution in [2.75, 3.05) is 26.7 Å². The van der Waals surface area contributed by atoms with Gasteiger partial charge in [0.15, 0.2) is 0 Å². The van der Waals surface area contributed by atoms with E-state index in [2.05, 4.69) is 45.0 Å². The van der Waals surface area contributed by atoms with E-state index in [1.54, 1.807) is 0 Å². The van der Waals surface area contributed by atoms with Crippen LogP contribution in [0.2, 0.25) is 0 Å². The first-order valence-corrected chi connectivity index (χ1v) is 8.43. The Hall–Kier alpha value is -0.0800. The molecule has 1 N–H and O–H groups in total. The summed E-state index contributed by atoms with van der Waals surface area (Å²) in [4.78, 5) is 2.56. The molecular weight excluding hydrogens is 232 g/mol. The van der Waals surface area contributed by atoms with Crippen molar-refractivity contribution in [3.05, 3.63) is 0 Å². The number of nitrogens with one attached hydrogen (secondary N) is 1. The molecule has 0 aliphatic heterocycles. The summed E-state index contributed by atoms with van der Waals surface area (Å²) in [6.07, 6.45) is 8.23. The number of rotatable bonds is 8. The van der Waals surface area contributed by atoms with Crippen molar-refractivity contribution >= 4 is 0 Å². The summed E-state index contributed by atoms with van der Waals surface area (Å²) in [5.41, 5.74) is 0.461. The van der Waals surface area contributed by atoms with Gasteiger partial charge in [-0.3, -0.25) is 0 Å². The number of nitrogens with zero attached hydrogens (tertiary/aromatic N) is 1. The van der Waals surface area contributed by atoms with Crippen molar-refractivity contribution in [2.45, 2.75) is 72.3 Å². The molecule has 0 heterocycles. The minimum absolute atomic E-state index is 0.461. The lowest BCUT2D eigenvalue weighted by Gasteiger charge is -2.45. The Kier molecular flexibility index (Phi) is 7.38. The zero-order chi connectivity index (χ0) is 14.3. The average Bonchev–Trinajstić information content (AvgIpc) is 2.33. The Morgan fingerprint density at radius 1 is 1.21 bits per heavy atom. The van der Waals surface area contributed by atoms with Crippen LogP contribution in [-0.4, -0.2) is 37.6 Å². The maximum absolute atomic E-state index is 3.77. The molecule has 0 spiro atoms. The molecule has 0 aromatic carbocycles. The van der Waals surface area contributed by atoms with Gasteiger partial charge in [0.1, 0.15) is 0 Å². The molecule has 1 rings (SSSR count). The van der Waals surface area contributed by atoms with Gasteiger partial charge in [0.25, 0.3) is 0 Å². The topological polar surface area (TPSA) is 15.3 Å². The molecule has 1 fully saturated rings. The van der Waals surface area contributed by atoms with Crippen LogP contribution in [0.5, 0.6) is 0 Å². The molecule has 2 heteroatoms. The highest BCUT2D eigenvalue weighted by molar-refractivity contribution is 4.94. The van der Waals surface area contributed by atoms with E-state index < -0.39 is 0 Å². The van der Waals surface area contributed by atoms with Crippen molar-refractivity contribution in [2.24, 2.45) is 11.3 Å². The first kappa shape index (κ1) is 17.0. The summed E-state index contributed by atoms with van der Waals surface area (Å²) in [6.45, 7) is 13.1. The van der Waals surface area contributed by atoms with Crippen LogP contribution in [-0.2, 0) is 0 Å². The molecule has 1 saturated carbocycles. The third-order valence-corrected chi connectivity index (χ3v) is 4.82. The highest BCUT2D eigenvalue weighted by atomic mass is 15.1. The van der Waals surface area contributed by atoms with Crippen molar-refractivity contribution < 1.29 is 0 Å². The van der Waals surface area contributed by atoms with Gasteiger partial charge >= 0.3 is 0 Å². The quantitative estimate of drug-likeness (QED) is 0.671. The summed E-state index contributed by atoms with van der Waals surface area (Å²) in [5.74, 6) is 0.829. The zero-order valence-corrected chi connectivity index (χ0v) is 14.0. The Bertz CT molecular complexity index is 237. The molecule has 2 atom stereocenters. The minimum atomic E-state index is 0.461. The predicted octanol–water partition coefficient (Wildman–Crippen LogP) is 3.91. The summed E-state index contributed by atoms with van der Waals surface area (Å²) >= 11 is 0. The van der Waals surface area contributed by atoms with Gasteiger partial charge in [0, 0.05) is 12.6 Å². The van der Waals surface area contributed by atoms with E-state index in [1.165, 1.54) is 51.6 Å². The maximum Gasteiger partial charge on any atom is 0.0159 e. The molecule has 0 amide bonds. The molecule has 114 valence electrons. The SMILES string of the molecule is CCCCCN(C)CC1CCCC(C)(C)C1NCC. The number of hydrogen-bond acceptors (Lipinski definition) is 2. The van der Waals surface area contributed by atoms with Crippen LogP contribution in [0.25, 0.3) is 0 Å². The second-order valence-electron chi connectivity index (χ2n) is 7.15. The third-order valence-electron chi connectivity index (χ3n) is 4.82. The normalized spacial score (nSPS) is 26.8. The van der Waals surface area contributed by atoms with Gasteiger partial charge in [0.2, 0.25) is 0 Å².